The lowest BCUT2D eigenvalue weighted by Gasteiger charge is -2.37. The minimum absolute atomic E-state index is 0.682. The van der Waals surface area contributed by atoms with Crippen LogP contribution in [0.5, 0.6) is 0 Å². The minimum atomic E-state index is 0.682. The number of pyridine rings is 1. The number of aromatic nitrogens is 3. The first-order valence-corrected chi connectivity index (χ1v) is 9.48. The van der Waals surface area contributed by atoms with Gasteiger partial charge in [-0.25, -0.2) is 9.97 Å². The second-order valence-corrected chi connectivity index (χ2v) is 7.84. The summed E-state index contributed by atoms with van der Waals surface area (Å²) < 4.78 is 0. The van der Waals surface area contributed by atoms with Crippen molar-refractivity contribution < 1.29 is 0 Å². The van der Waals surface area contributed by atoms with Gasteiger partial charge in [-0.05, 0) is 32.9 Å². The fraction of sp³-hybridized carbons (Fsp3) is 0.368. The largest absolute Gasteiger partial charge is 0.367 e. The Labute approximate surface area is 156 Å². The standard InChI is InChI=1S/C19H20N6S/c1-12-8-17(16(10-20)14(3)23-12)24-4-6-25(7-5-24)18-15-9-13(2)26-19(15)22-11-21-18/h8-9,11H,4-7H2,1-3H3. The number of nitriles is 1. The van der Waals surface area contributed by atoms with Crippen LogP contribution in [0.4, 0.5) is 11.5 Å². The number of nitrogens with zero attached hydrogens (tertiary/aromatic N) is 6. The molecule has 0 bridgehead atoms. The maximum absolute atomic E-state index is 9.53. The molecule has 0 radical (unpaired) electrons. The van der Waals surface area contributed by atoms with Crippen molar-refractivity contribution in [3.8, 4) is 6.07 Å². The predicted molar refractivity (Wildman–Crippen MR) is 105 cm³/mol. The number of hydrogen-bond acceptors (Lipinski definition) is 7. The van der Waals surface area contributed by atoms with Gasteiger partial charge in [-0.15, -0.1) is 11.3 Å². The molecular formula is C19H20N6S. The molecule has 1 aliphatic rings. The lowest BCUT2D eigenvalue weighted by molar-refractivity contribution is 0.647. The van der Waals surface area contributed by atoms with Crippen LogP contribution in [-0.2, 0) is 0 Å². The van der Waals surface area contributed by atoms with Gasteiger partial charge in [-0.2, -0.15) is 5.26 Å². The molecule has 4 rings (SSSR count). The highest BCUT2D eigenvalue weighted by atomic mass is 32.1. The molecule has 4 heterocycles. The zero-order valence-corrected chi connectivity index (χ0v) is 16.0. The summed E-state index contributed by atoms with van der Waals surface area (Å²) in [5.41, 5.74) is 3.43. The first kappa shape index (κ1) is 16.7. The van der Waals surface area contributed by atoms with E-state index in [0.717, 1.165) is 59.3 Å². The van der Waals surface area contributed by atoms with E-state index in [2.05, 4.69) is 43.8 Å². The first-order chi connectivity index (χ1) is 12.6. The maximum Gasteiger partial charge on any atom is 0.140 e. The molecule has 0 N–H and O–H groups in total. The molecule has 0 amide bonds. The normalized spacial score (nSPS) is 14.7. The molecule has 7 heteroatoms. The van der Waals surface area contributed by atoms with Crippen LogP contribution in [0, 0.1) is 32.1 Å². The first-order valence-electron chi connectivity index (χ1n) is 8.66. The van der Waals surface area contributed by atoms with Gasteiger partial charge >= 0.3 is 0 Å². The number of anilines is 2. The summed E-state index contributed by atoms with van der Waals surface area (Å²) >= 11 is 1.70. The van der Waals surface area contributed by atoms with Crippen molar-refractivity contribution in [1.29, 1.82) is 5.26 Å². The van der Waals surface area contributed by atoms with E-state index < -0.39 is 0 Å². The van der Waals surface area contributed by atoms with Crippen LogP contribution in [0.2, 0.25) is 0 Å². The Balaban J connectivity index is 1.59. The van der Waals surface area contributed by atoms with Crippen LogP contribution >= 0.6 is 11.3 Å². The third-order valence-corrected chi connectivity index (χ3v) is 5.73. The quantitative estimate of drug-likeness (QED) is 0.695. The van der Waals surface area contributed by atoms with Gasteiger partial charge in [0.05, 0.1) is 22.3 Å². The van der Waals surface area contributed by atoms with Gasteiger partial charge in [0, 0.05) is 36.8 Å². The fourth-order valence-corrected chi connectivity index (χ4v) is 4.41. The summed E-state index contributed by atoms with van der Waals surface area (Å²) in [7, 11) is 0. The maximum atomic E-state index is 9.53. The van der Waals surface area contributed by atoms with Crippen LogP contribution in [0.3, 0.4) is 0 Å². The van der Waals surface area contributed by atoms with Crippen LogP contribution in [-0.4, -0.2) is 41.1 Å². The van der Waals surface area contributed by atoms with Crippen LogP contribution in [0.25, 0.3) is 10.2 Å². The van der Waals surface area contributed by atoms with Crippen molar-refractivity contribution in [2.45, 2.75) is 20.8 Å². The van der Waals surface area contributed by atoms with E-state index >= 15 is 0 Å². The van der Waals surface area contributed by atoms with E-state index in [0.29, 0.717) is 5.56 Å². The second kappa shape index (κ2) is 6.54. The SMILES string of the molecule is Cc1cc(N2CCN(c3ncnc4sc(C)cc34)CC2)c(C#N)c(C)n1. The molecule has 1 saturated heterocycles. The Hall–Kier alpha value is -2.72. The predicted octanol–water partition coefficient (Wildman–Crippen LogP) is 3.21. The Kier molecular flexibility index (Phi) is 4.21. The molecule has 0 aromatic carbocycles. The zero-order valence-electron chi connectivity index (χ0n) is 15.2. The summed E-state index contributed by atoms with van der Waals surface area (Å²) in [5, 5.41) is 10.7. The highest BCUT2D eigenvalue weighted by molar-refractivity contribution is 7.18. The molecule has 1 fully saturated rings. The van der Waals surface area contributed by atoms with Gasteiger partial charge in [0.1, 0.15) is 23.0 Å². The number of hydrogen-bond donors (Lipinski definition) is 0. The van der Waals surface area contributed by atoms with Gasteiger partial charge in [0.15, 0.2) is 0 Å². The summed E-state index contributed by atoms with van der Waals surface area (Å²) in [6, 6.07) is 6.51. The van der Waals surface area contributed by atoms with Crippen LogP contribution < -0.4 is 9.80 Å². The lowest BCUT2D eigenvalue weighted by Crippen LogP contribution is -2.47. The molecule has 0 atom stereocenters. The second-order valence-electron chi connectivity index (χ2n) is 6.60. The Morgan fingerprint density at radius 3 is 2.50 bits per heavy atom. The third kappa shape index (κ3) is 2.86. The smallest absolute Gasteiger partial charge is 0.140 e. The number of thiophene rings is 1. The molecule has 6 nitrogen and oxygen atoms in total. The van der Waals surface area contributed by atoms with Crippen molar-refractivity contribution in [3.63, 3.8) is 0 Å². The molecule has 0 spiro atoms. The number of aryl methyl sites for hydroxylation is 3. The Morgan fingerprint density at radius 2 is 1.77 bits per heavy atom. The minimum Gasteiger partial charge on any atom is -0.367 e. The van der Waals surface area contributed by atoms with E-state index in [9.17, 15) is 5.26 Å². The summed E-state index contributed by atoms with van der Waals surface area (Å²) in [5.74, 6) is 1.02. The van der Waals surface area contributed by atoms with Gasteiger partial charge in [-0.3, -0.25) is 4.98 Å². The highest BCUT2D eigenvalue weighted by Crippen LogP contribution is 2.31. The molecule has 0 aliphatic carbocycles. The van der Waals surface area contributed by atoms with Gasteiger partial charge < -0.3 is 9.80 Å². The number of rotatable bonds is 2. The molecule has 132 valence electrons. The molecule has 1 aliphatic heterocycles. The molecule has 3 aromatic rings. The molecular weight excluding hydrogens is 344 g/mol. The Bertz CT molecular complexity index is 1010. The van der Waals surface area contributed by atoms with Crippen molar-refractivity contribution in [3.05, 3.63) is 40.3 Å². The third-order valence-electron chi connectivity index (χ3n) is 4.77. The number of fused-ring (bicyclic) bond motifs is 1. The van der Waals surface area contributed by atoms with Crippen LogP contribution in [0.1, 0.15) is 21.8 Å². The number of piperazine rings is 1. The average Bonchev–Trinajstić information content (AvgIpc) is 3.01. The molecule has 26 heavy (non-hydrogen) atoms. The van der Waals surface area contributed by atoms with Crippen LogP contribution in [0.15, 0.2) is 18.5 Å². The van der Waals surface area contributed by atoms with Gasteiger partial charge in [0.2, 0.25) is 0 Å². The average molecular weight is 364 g/mol. The molecule has 0 saturated carbocycles. The molecule has 3 aromatic heterocycles. The van der Waals surface area contributed by atoms with Gasteiger partial charge in [-0.1, -0.05) is 0 Å². The monoisotopic (exact) mass is 364 g/mol. The van der Waals surface area contributed by atoms with Crippen molar-refractivity contribution >= 4 is 33.1 Å². The Morgan fingerprint density at radius 1 is 1.04 bits per heavy atom. The van der Waals surface area contributed by atoms with Crippen molar-refractivity contribution in [2.75, 3.05) is 36.0 Å². The van der Waals surface area contributed by atoms with E-state index in [1.165, 1.54) is 4.88 Å². The summed E-state index contributed by atoms with van der Waals surface area (Å²) in [4.78, 5) is 20.3. The summed E-state index contributed by atoms with van der Waals surface area (Å²) in [6.07, 6.45) is 1.66. The van der Waals surface area contributed by atoms with Gasteiger partial charge in [0.25, 0.3) is 0 Å². The zero-order chi connectivity index (χ0) is 18.3. The lowest BCUT2D eigenvalue weighted by atomic mass is 10.1. The highest BCUT2D eigenvalue weighted by Gasteiger charge is 2.23. The topological polar surface area (TPSA) is 68.9 Å². The van der Waals surface area contributed by atoms with Crippen molar-refractivity contribution in [2.24, 2.45) is 0 Å². The van der Waals surface area contributed by atoms with E-state index in [1.807, 2.05) is 19.9 Å². The van der Waals surface area contributed by atoms with E-state index in [-0.39, 0.29) is 0 Å². The summed E-state index contributed by atoms with van der Waals surface area (Å²) in [6.45, 7) is 9.43. The van der Waals surface area contributed by atoms with E-state index in [4.69, 9.17) is 0 Å². The van der Waals surface area contributed by atoms with E-state index in [1.54, 1.807) is 17.7 Å². The molecule has 0 unspecified atom stereocenters. The fourth-order valence-electron chi connectivity index (χ4n) is 3.57. The van der Waals surface area contributed by atoms with Crippen molar-refractivity contribution in [1.82, 2.24) is 15.0 Å².